The maximum Gasteiger partial charge on any atom is 0.152 e. The van der Waals surface area contributed by atoms with Gasteiger partial charge in [0.25, 0.3) is 0 Å². The number of likely N-dealkylation sites (tertiary alicyclic amines) is 1. The standard InChI is InChI=1S/C34H41N5.3C2H6/c1-6-30-34(36-32(7-2)35-26-16-18-27(19-17-26)39-21-11-8-12-22-39)37-33(28-14-10-9-13-25(28)4)29-23-24(3)15-20-31(29)38(30)5;3*1-2/h1,7,9-10,13-16,18,20,23,30,34-36H,8,11-12,17,19,21-22H2,2-5H3;3*1-2H3. The van der Waals surface area contributed by atoms with E-state index in [0.29, 0.717) is 0 Å². The Kier molecular flexibility index (Phi) is 16.1. The summed E-state index contributed by atoms with van der Waals surface area (Å²) in [6.45, 7) is 20.7. The minimum Gasteiger partial charge on any atom is -0.375 e. The predicted molar refractivity (Wildman–Crippen MR) is 198 cm³/mol. The summed E-state index contributed by atoms with van der Waals surface area (Å²) in [6, 6.07) is 14.7. The molecular weight excluding hydrogens is 550 g/mol. The van der Waals surface area contributed by atoms with Crippen molar-refractivity contribution in [1.29, 1.82) is 0 Å². The number of aliphatic imine (C=N–C) groups is 1. The van der Waals surface area contributed by atoms with Gasteiger partial charge in [0.2, 0.25) is 0 Å². The lowest BCUT2D eigenvalue weighted by Crippen LogP contribution is -2.48. The Morgan fingerprint density at radius 3 is 2.20 bits per heavy atom. The van der Waals surface area contributed by atoms with Crippen LogP contribution in [0.25, 0.3) is 0 Å². The molecule has 1 aliphatic carbocycles. The van der Waals surface area contributed by atoms with Crippen molar-refractivity contribution in [2.75, 3.05) is 25.0 Å². The number of terminal acetylenes is 1. The van der Waals surface area contributed by atoms with E-state index in [2.05, 4.69) is 108 Å². The number of hydrogen-bond acceptors (Lipinski definition) is 5. The monoisotopic (exact) mass is 609 g/mol. The van der Waals surface area contributed by atoms with Crippen LogP contribution in [0.2, 0.25) is 0 Å². The molecule has 3 aliphatic rings. The van der Waals surface area contributed by atoms with E-state index in [1.54, 1.807) is 0 Å². The lowest BCUT2D eigenvalue weighted by Gasteiger charge is -2.33. The van der Waals surface area contributed by atoms with Crippen molar-refractivity contribution in [1.82, 2.24) is 15.5 Å². The van der Waals surface area contributed by atoms with Gasteiger partial charge in [0.15, 0.2) is 6.17 Å². The zero-order chi connectivity index (χ0) is 33.4. The number of likely N-dealkylation sites (N-methyl/N-ethyl adjacent to an activating group) is 1. The molecule has 0 radical (unpaired) electrons. The van der Waals surface area contributed by atoms with E-state index in [1.165, 1.54) is 54.9 Å². The van der Waals surface area contributed by atoms with Crippen LogP contribution in [0.3, 0.4) is 0 Å². The first-order valence-corrected chi connectivity index (χ1v) is 17.3. The maximum atomic E-state index is 6.18. The average molecular weight is 610 g/mol. The molecular formula is C40H59N5. The van der Waals surface area contributed by atoms with Gasteiger partial charge >= 0.3 is 0 Å². The Morgan fingerprint density at radius 2 is 1.60 bits per heavy atom. The van der Waals surface area contributed by atoms with Gasteiger partial charge in [-0.15, -0.1) is 6.42 Å². The van der Waals surface area contributed by atoms with Crippen LogP contribution in [0, 0.1) is 26.2 Å². The number of allylic oxidation sites excluding steroid dienone is 5. The minimum absolute atomic E-state index is 0.268. The van der Waals surface area contributed by atoms with Crippen LogP contribution < -0.4 is 15.5 Å². The van der Waals surface area contributed by atoms with E-state index in [0.717, 1.165) is 41.2 Å². The summed E-state index contributed by atoms with van der Waals surface area (Å²) in [6.07, 6.45) is 18.5. The number of anilines is 1. The van der Waals surface area contributed by atoms with Crippen molar-refractivity contribution in [3.05, 3.63) is 100 Å². The number of nitrogens with one attached hydrogen (secondary N) is 2. The molecule has 45 heavy (non-hydrogen) atoms. The highest BCUT2D eigenvalue weighted by Crippen LogP contribution is 2.31. The molecule has 0 amide bonds. The van der Waals surface area contributed by atoms with Gasteiger partial charge in [0, 0.05) is 48.3 Å². The van der Waals surface area contributed by atoms with Crippen LogP contribution in [-0.2, 0) is 0 Å². The third-order valence-electron chi connectivity index (χ3n) is 8.12. The van der Waals surface area contributed by atoms with Crippen LogP contribution >= 0.6 is 0 Å². The molecule has 5 rings (SSSR count). The van der Waals surface area contributed by atoms with E-state index in [9.17, 15) is 0 Å². The number of piperidine rings is 1. The van der Waals surface area contributed by atoms with Gasteiger partial charge < -0.3 is 20.4 Å². The molecule has 2 aliphatic heterocycles. The number of nitrogens with zero attached hydrogens (tertiary/aromatic N) is 3. The minimum atomic E-state index is -0.343. The molecule has 1 fully saturated rings. The number of benzene rings is 2. The number of hydrogen-bond donors (Lipinski definition) is 2. The van der Waals surface area contributed by atoms with E-state index < -0.39 is 0 Å². The van der Waals surface area contributed by atoms with E-state index in [1.807, 2.05) is 48.5 Å². The van der Waals surface area contributed by atoms with Gasteiger partial charge in [-0.2, -0.15) is 0 Å². The normalized spacial score (nSPS) is 19.1. The van der Waals surface area contributed by atoms with Gasteiger partial charge in [-0.1, -0.05) is 83.4 Å². The molecule has 1 saturated heterocycles. The number of benzodiazepines with no additional fused rings is 1. The molecule has 2 N–H and O–H groups in total. The van der Waals surface area contributed by atoms with Crippen LogP contribution in [0.4, 0.5) is 5.69 Å². The first kappa shape index (κ1) is 37.3. The van der Waals surface area contributed by atoms with E-state index in [4.69, 9.17) is 11.4 Å². The molecule has 0 aromatic heterocycles. The Bertz CT molecular complexity index is 1370. The van der Waals surface area contributed by atoms with Gasteiger partial charge in [0.1, 0.15) is 11.9 Å². The fourth-order valence-corrected chi connectivity index (χ4v) is 5.85. The highest BCUT2D eigenvalue weighted by Gasteiger charge is 2.31. The molecule has 2 atom stereocenters. The number of rotatable bonds is 6. The molecule has 2 heterocycles. The summed E-state index contributed by atoms with van der Waals surface area (Å²) < 4.78 is 0. The van der Waals surface area contributed by atoms with Crippen molar-refractivity contribution < 1.29 is 0 Å². The Balaban J connectivity index is 0.00000111. The molecule has 0 bridgehead atoms. The lowest BCUT2D eigenvalue weighted by molar-refractivity contribution is 0.275. The zero-order valence-corrected chi connectivity index (χ0v) is 29.8. The van der Waals surface area contributed by atoms with Crippen molar-refractivity contribution in [3.63, 3.8) is 0 Å². The van der Waals surface area contributed by atoms with Gasteiger partial charge in [-0.3, -0.25) is 4.99 Å². The van der Waals surface area contributed by atoms with Crippen LogP contribution in [-0.4, -0.2) is 43.0 Å². The summed E-state index contributed by atoms with van der Waals surface area (Å²) in [4.78, 5) is 10.1. The topological polar surface area (TPSA) is 42.9 Å². The SMILES string of the molecule is C#CC1C(NC(=CC)NC2=CC=C(N3CCCCC3)CC2)N=C(c2ccccc2C)c2cc(C)ccc2N1C.CC.CC.CC. The van der Waals surface area contributed by atoms with Crippen molar-refractivity contribution in [2.45, 2.75) is 107 Å². The molecule has 2 unspecified atom stereocenters. The van der Waals surface area contributed by atoms with Gasteiger partial charge in [-0.05, 0) is 88.8 Å². The smallest absolute Gasteiger partial charge is 0.152 e. The second-order valence-corrected chi connectivity index (χ2v) is 10.8. The van der Waals surface area contributed by atoms with Gasteiger partial charge in [-0.25, -0.2) is 0 Å². The molecule has 0 spiro atoms. The molecule has 0 saturated carbocycles. The fourth-order valence-electron chi connectivity index (χ4n) is 5.85. The third-order valence-corrected chi connectivity index (χ3v) is 8.12. The highest BCUT2D eigenvalue weighted by atomic mass is 15.3. The first-order chi connectivity index (χ1) is 22.0. The highest BCUT2D eigenvalue weighted by molar-refractivity contribution is 6.17. The zero-order valence-electron chi connectivity index (χ0n) is 29.8. The molecule has 2 aromatic rings. The second kappa shape index (κ2) is 19.5. The lowest BCUT2D eigenvalue weighted by atomic mass is 9.95. The molecule has 2 aromatic carbocycles. The molecule has 5 heteroatoms. The predicted octanol–water partition coefficient (Wildman–Crippen LogP) is 9.09. The average Bonchev–Trinajstić information content (AvgIpc) is 3.21. The summed E-state index contributed by atoms with van der Waals surface area (Å²) >= 11 is 0. The maximum absolute atomic E-state index is 6.18. The van der Waals surface area contributed by atoms with E-state index >= 15 is 0 Å². The van der Waals surface area contributed by atoms with Crippen LogP contribution in [0.15, 0.2) is 82.9 Å². The summed E-state index contributed by atoms with van der Waals surface area (Å²) in [5.41, 5.74) is 9.36. The summed E-state index contributed by atoms with van der Waals surface area (Å²) in [7, 11) is 2.07. The Morgan fingerprint density at radius 1 is 0.911 bits per heavy atom. The number of aryl methyl sites for hydroxylation is 2. The van der Waals surface area contributed by atoms with Gasteiger partial charge in [0.05, 0.1) is 5.71 Å². The van der Waals surface area contributed by atoms with Crippen molar-refractivity contribution in [3.8, 4) is 12.3 Å². The van der Waals surface area contributed by atoms with Crippen molar-refractivity contribution >= 4 is 11.4 Å². The Labute approximate surface area is 275 Å². The molecule has 244 valence electrons. The largest absolute Gasteiger partial charge is 0.375 e. The van der Waals surface area contributed by atoms with E-state index in [-0.39, 0.29) is 12.2 Å². The second-order valence-electron chi connectivity index (χ2n) is 10.8. The first-order valence-electron chi connectivity index (χ1n) is 17.3. The molecule has 5 nitrogen and oxygen atoms in total. The summed E-state index contributed by atoms with van der Waals surface area (Å²) in [5.74, 6) is 3.95. The van der Waals surface area contributed by atoms with Crippen LogP contribution in [0.5, 0.6) is 0 Å². The van der Waals surface area contributed by atoms with Crippen molar-refractivity contribution in [2.24, 2.45) is 4.99 Å². The van der Waals surface area contributed by atoms with Crippen LogP contribution in [0.1, 0.15) is 103 Å². The quantitative estimate of drug-likeness (QED) is 0.321. The third kappa shape index (κ3) is 9.54. The fraction of sp³-hybridized carbons (Fsp3) is 0.475. The Hall–Kier alpha value is -3.91. The summed E-state index contributed by atoms with van der Waals surface area (Å²) in [5, 5.41) is 7.32. The number of fused-ring (bicyclic) bond motifs is 1.